The predicted molar refractivity (Wildman–Crippen MR) is 55.8 cm³/mol. The Morgan fingerprint density at radius 3 is 2.14 bits per heavy atom. The SMILES string of the molecule is O=C(O)C(NCC(F)(F)F)c1cc(F)cc(C(F)(F)F)c1. The van der Waals surface area contributed by atoms with Crippen LogP contribution in [-0.2, 0) is 11.0 Å². The van der Waals surface area contributed by atoms with Gasteiger partial charge >= 0.3 is 18.3 Å². The van der Waals surface area contributed by atoms with E-state index in [0.29, 0.717) is 6.07 Å². The normalized spacial score (nSPS) is 14.0. The lowest BCUT2D eigenvalue weighted by atomic mass is 10.0. The van der Waals surface area contributed by atoms with Crippen LogP contribution in [0.1, 0.15) is 17.2 Å². The monoisotopic (exact) mass is 319 g/mol. The number of carboxylic acid groups (broad SMARTS) is 1. The molecule has 21 heavy (non-hydrogen) atoms. The highest BCUT2D eigenvalue weighted by Gasteiger charge is 2.34. The molecule has 1 aromatic carbocycles. The molecule has 3 nitrogen and oxygen atoms in total. The minimum atomic E-state index is -4.95. The van der Waals surface area contributed by atoms with Crippen LogP contribution >= 0.6 is 0 Å². The lowest BCUT2D eigenvalue weighted by Gasteiger charge is -2.18. The van der Waals surface area contributed by atoms with Gasteiger partial charge in [0, 0.05) is 0 Å². The van der Waals surface area contributed by atoms with Crippen LogP contribution in [0, 0.1) is 5.82 Å². The van der Waals surface area contributed by atoms with Crippen molar-refractivity contribution in [3.05, 3.63) is 35.1 Å². The summed E-state index contributed by atoms with van der Waals surface area (Å²) in [4.78, 5) is 10.9. The molecular weight excluding hydrogens is 311 g/mol. The largest absolute Gasteiger partial charge is 0.480 e. The molecule has 0 aliphatic rings. The Hall–Kier alpha value is -1.84. The van der Waals surface area contributed by atoms with Crippen LogP contribution in [-0.4, -0.2) is 23.8 Å². The Labute approximate surface area is 113 Å². The van der Waals surface area contributed by atoms with Crippen molar-refractivity contribution in [3.63, 3.8) is 0 Å². The van der Waals surface area contributed by atoms with E-state index >= 15 is 0 Å². The minimum absolute atomic E-state index is 0.117. The van der Waals surface area contributed by atoms with Crippen LogP contribution in [0.25, 0.3) is 0 Å². The van der Waals surface area contributed by atoms with E-state index < -0.39 is 47.9 Å². The molecule has 10 heteroatoms. The third kappa shape index (κ3) is 5.21. The Kier molecular flexibility index (Phi) is 4.82. The molecule has 1 unspecified atom stereocenters. The maximum Gasteiger partial charge on any atom is 0.416 e. The molecule has 0 spiro atoms. The number of hydrogen-bond donors (Lipinski definition) is 2. The zero-order valence-corrected chi connectivity index (χ0v) is 10.0. The summed E-state index contributed by atoms with van der Waals surface area (Å²) in [5, 5.41) is 10.3. The number of aliphatic carboxylic acids is 1. The third-order valence-corrected chi connectivity index (χ3v) is 2.33. The van der Waals surface area contributed by atoms with Crippen LogP contribution in [0.3, 0.4) is 0 Å². The van der Waals surface area contributed by atoms with E-state index in [1.165, 1.54) is 5.32 Å². The summed E-state index contributed by atoms with van der Waals surface area (Å²) in [5.41, 5.74) is -2.25. The van der Waals surface area contributed by atoms with Crippen molar-refractivity contribution in [3.8, 4) is 0 Å². The number of alkyl halides is 6. The molecule has 2 N–H and O–H groups in total. The van der Waals surface area contributed by atoms with Gasteiger partial charge < -0.3 is 5.11 Å². The maximum atomic E-state index is 13.1. The van der Waals surface area contributed by atoms with Gasteiger partial charge in [-0.05, 0) is 23.8 Å². The molecule has 118 valence electrons. The second-order valence-corrected chi connectivity index (χ2v) is 4.04. The Balaban J connectivity index is 3.14. The number of hydrogen-bond acceptors (Lipinski definition) is 2. The summed E-state index contributed by atoms with van der Waals surface area (Å²) >= 11 is 0. The summed E-state index contributed by atoms with van der Waals surface area (Å²) < 4.78 is 86.6. The molecule has 0 fully saturated rings. The molecule has 1 atom stereocenters. The average Bonchev–Trinajstić information content (AvgIpc) is 2.25. The second kappa shape index (κ2) is 5.88. The van der Waals surface area contributed by atoms with Crippen molar-refractivity contribution >= 4 is 5.97 Å². The summed E-state index contributed by atoms with van der Waals surface area (Å²) in [6, 6.07) is -1.29. The van der Waals surface area contributed by atoms with Gasteiger partial charge in [-0.2, -0.15) is 26.3 Å². The first kappa shape index (κ1) is 17.2. The van der Waals surface area contributed by atoms with E-state index in [2.05, 4.69) is 0 Å². The molecule has 0 aromatic heterocycles. The van der Waals surface area contributed by atoms with Crippen molar-refractivity contribution in [2.45, 2.75) is 18.4 Å². The fourth-order valence-electron chi connectivity index (χ4n) is 1.51. The van der Waals surface area contributed by atoms with Crippen LogP contribution in [0.4, 0.5) is 30.7 Å². The Morgan fingerprint density at radius 2 is 1.71 bits per heavy atom. The second-order valence-electron chi connectivity index (χ2n) is 4.04. The minimum Gasteiger partial charge on any atom is -0.480 e. The first-order valence-electron chi connectivity index (χ1n) is 5.31. The van der Waals surface area contributed by atoms with Crippen molar-refractivity contribution < 1.29 is 40.6 Å². The summed E-state index contributed by atoms with van der Waals surface area (Å²) in [7, 11) is 0. The molecule has 0 saturated carbocycles. The third-order valence-electron chi connectivity index (χ3n) is 2.33. The fourth-order valence-corrected chi connectivity index (χ4v) is 1.51. The average molecular weight is 319 g/mol. The van der Waals surface area contributed by atoms with Gasteiger partial charge in [-0.25, -0.2) is 4.39 Å². The van der Waals surface area contributed by atoms with Gasteiger partial charge in [0.05, 0.1) is 12.1 Å². The topological polar surface area (TPSA) is 49.3 Å². The Morgan fingerprint density at radius 1 is 1.14 bits per heavy atom. The smallest absolute Gasteiger partial charge is 0.416 e. The highest BCUT2D eigenvalue weighted by atomic mass is 19.4. The molecule has 0 saturated heterocycles. The quantitative estimate of drug-likeness (QED) is 0.839. The molecule has 0 bridgehead atoms. The van der Waals surface area contributed by atoms with Gasteiger partial charge in [-0.1, -0.05) is 0 Å². The predicted octanol–water partition coefficient (Wildman–Crippen LogP) is 3.12. The summed E-state index contributed by atoms with van der Waals surface area (Å²) in [5.74, 6) is -3.27. The van der Waals surface area contributed by atoms with Gasteiger partial charge in [0.25, 0.3) is 0 Å². The van der Waals surface area contributed by atoms with Crippen LogP contribution in [0.2, 0.25) is 0 Å². The Bertz CT molecular complexity index is 524. The zero-order valence-electron chi connectivity index (χ0n) is 10.0. The van der Waals surface area contributed by atoms with E-state index in [1.807, 2.05) is 0 Å². The van der Waals surface area contributed by atoms with Gasteiger partial charge in [-0.15, -0.1) is 0 Å². The number of benzene rings is 1. The van der Waals surface area contributed by atoms with Crippen LogP contribution in [0.15, 0.2) is 18.2 Å². The lowest BCUT2D eigenvalue weighted by Crippen LogP contribution is -2.36. The first-order valence-corrected chi connectivity index (χ1v) is 5.31. The summed E-state index contributed by atoms with van der Waals surface area (Å²) in [6.07, 6.45) is -9.72. The van der Waals surface area contributed by atoms with Crippen LogP contribution < -0.4 is 5.32 Å². The van der Waals surface area contributed by atoms with Crippen molar-refractivity contribution in [2.24, 2.45) is 0 Å². The first-order chi connectivity index (χ1) is 9.40. The fraction of sp³-hybridized carbons (Fsp3) is 0.364. The standard InChI is InChI=1S/C11H8F7NO2/c12-7-2-5(1-6(3-7)11(16,17)18)8(9(20)21)19-4-10(13,14)15/h1-3,8,19H,4H2,(H,20,21). The lowest BCUT2D eigenvalue weighted by molar-refractivity contribution is -0.144. The molecule has 1 aromatic rings. The molecular formula is C11H8F7NO2. The number of carboxylic acids is 1. The number of rotatable bonds is 4. The zero-order chi connectivity index (χ0) is 16.4. The molecule has 0 radical (unpaired) electrons. The van der Waals surface area contributed by atoms with E-state index in [9.17, 15) is 35.5 Å². The van der Waals surface area contributed by atoms with Crippen molar-refractivity contribution in [1.29, 1.82) is 0 Å². The highest BCUT2D eigenvalue weighted by molar-refractivity contribution is 5.75. The van der Waals surface area contributed by atoms with E-state index in [1.54, 1.807) is 0 Å². The molecule has 0 amide bonds. The van der Waals surface area contributed by atoms with E-state index in [-0.39, 0.29) is 12.1 Å². The highest BCUT2D eigenvalue weighted by Crippen LogP contribution is 2.32. The number of halogens is 7. The van der Waals surface area contributed by atoms with E-state index in [4.69, 9.17) is 5.11 Å². The molecule has 0 aliphatic carbocycles. The molecule has 0 heterocycles. The van der Waals surface area contributed by atoms with Crippen molar-refractivity contribution in [2.75, 3.05) is 6.54 Å². The van der Waals surface area contributed by atoms with Gasteiger partial charge in [0.2, 0.25) is 0 Å². The molecule has 0 aliphatic heterocycles. The van der Waals surface area contributed by atoms with E-state index in [0.717, 1.165) is 0 Å². The maximum absolute atomic E-state index is 13.1. The van der Waals surface area contributed by atoms with Crippen LogP contribution in [0.5, 0.6) is 0 Å². The summed E-state index contributed by atoms with van der Waals surface area (Å²) in [6.45, 7) is -1.75. The number of carbonyl (C=O) groups is 1. The van der Waals surface area contributed by atoms with Crippen molar-refractivity contribution in [1.82, 2.24) is 5.32 Å². The number of nitrogens with one attached hydrogen (secondary N) is 1. The molecule has 1 rings (SSSR count). The van der Waals surface area contributed by atoms with Gasteiger partial charge in [0.1, 0.15) is 11.9 Å². The van der Waals surface area contributed by atoms with Gasteiger partial charge in [-0.3, -0.25) is 10.1 Å². The van der Waals surface area contributed by atoms with Gasteiger partial charge in [0.15, 0.2) is 0 Å².